The van der Waals surface area contributed by atoms with Gasteiger partial charge in [-0.2, -0.15) is 0 Å². The first-order chi connectivity index (χ1) is 13.7. The van der Waals surface area contributed by atoms with Crippen LogP contribution in [0.5, 0.6) is 0 Å². The van der Waals surface area contributed by atoms with Crippen LogP contribution in [0.25, 0.3) is 16.9 Å². The van der Waals surface area contributed by atoms with E-state index in [9.17, 15) is 9.90 Å². The number of hydrogen-bond donors (Lipinski definition) is 2. The number of aromatic nitrogens is 1. The van der Waals surface area contributed by atoms with Crippen LogP contribution >= 0.6 is 0 Å². The van der Waals surface area contributed by atoms with Crippen LogP contribution in [0.4, 0.5) is 0 Å². The maximum Gasteiger partial charge on any atom is 0.256 e. The third-order valence-corrected chi connectivity index (χ3v) is 5.30. The van der Waals surface area contributed by atoms with Crippen LogP contribution in [0.2, 0.25) is 0 Å². The van der Waals surface area contributed by atoms with Gasteiger partial charge in [0, 0.05) is 31.0 Å². The number of piperazine rings is 1. The minimum absolute atomic E-state index is 0.0304. The number of carbonyl (C=O) groups is 1. The maximum absolute atomic E-state index is 13.5. The summed E-state index contributed by atoms with van der Waals surface area (Å²) < 4.78 is 2.14. The summed E-state index contributed by atoms with van der Waals surface area (Å²) in [6, 6.07) is 21.9. The number of aliphatic hydroxyl groups excluding tert-OH is 1. The van der Waals surface area contributed by atoms with Gasteiger partial charge in [-0.1, -0.05) is 48.5 Å². The first-order valence-corrected chi connectivity index (χ1v) is 9.66. The molecule has 3 aromatic rings. The molecular formula is C23H25N3O2. The second kappa shape index (κ2) is 8.00. The number of benzene rings is 2. The highest BCUT2D eigenvalue weighted by atomic mass is 16.3. The topological polar surface area (TPSA) is 57.5 Å². The Kier molecular flexibility index (Phi) is 5.28. The Hall–Kier alpha value is -2.89. The van der Waals surface area contributed by atoms with Gasteiger partial charge in [-0.15, -0.1) is 0 Å². The molecule has 2 heterocycles. The largest absolute Gasteiger partial charge is 0.394 e. The molecule has 0 radical (unpaired) electrons. The molecule has 0 spiro atoms. The Morgan fingerprint density at radius 3 is 2.46 bits per heavy atom. The van der Waals surface area contributed by atoms with E-state index in [1.165, 1.54) is 0 Å². The lowest BCUT2D eigenvalue weighted by atomic mass is 10.0. The van der Waals surface area contributed by atoms with Gasteiger partial charge >= 0.3 is 0 Å². The Bertz CT molecular complexity index is 951. The molecule has 1 aliphatic heterocycles. The van der Waals surface area contributed by atoms with Crippen LogP contribution in [-0.2, 0) is 0 Å². The number of aliphatic hydroxyl groups is 1. The summed E-state index contributed by atoms with van der Waals surface area (Å²) in [6.45, 7) is 3.92. The van der Waals surface area contributed by atoms with Crippen molar-refractivity contribution in [2.45, 2.75) is 13.0 Å². The predicted molar refractivity (Wildman–Crippen MR) is 111 cm³/mol. The zero-order valence-electron chi connectivity index (χ0n) is 16.0. The minimum atomic E-state index is -0.203. The Morgan fingerprint density at radius 1 is 1.11 bits per heavy atom. The van der Waals surface area contributed by atoms with Crippen molar-refractivity contribution in [3.05, 3.63) is 78.0 Å². The van der Waals surface area contributed by atoms with E-state index in [1.54, 1.807) is 4.90 Å². The van der Waals surface area contributed by atoms with Crippen molar-refractivity contribution in [3.8, 4) is 16.9 Å². The molecule has 1 aromatic heterocycles. The van der Waals surface area contributed by atoms with Crippen LogP contribution in [0.1, 0.15) is 16.1 Å². The third kappa shape index (κ3) is 3.35. The van der Waals surface area contributed by atoms with E-state index in [1.807, 2.05) is 61.5 Å². The molecule has 1 amide bonds. The Balaban J connectivity index is 1.87. The van der Waals surface area contributed by atoms with Crippen molar-refractivity contribution in [2.75, 3.05) is 26.2 Å². The smallest absolute Gasteiger partial charge is 0.256 e. The van der Waals surface area contributed by atoms with Gasteiger partial charge in [0.15, 0.2) is 0 Å². The average Bonchev–Trinajstić information content (AvgIpc) is 3.11. The van der Waals surface area contributed by atoms with E-state index in [0.717, 1.165) is 29.2 Å². The fourth-order valence-corrected chi connectivity index (χ4v) is 3.94. The number of rotatable bonds is 4. The van der Waals surface area contributed by atoms with Gasteiger partial charge in [0.05, 0.1) is 23.9 Å². The molecule has 0 unspecified atom stereocenters. The van der Waals surface area contributed by atoms with Crippen molar-refractivity contribution < 1.29 is 9.90 Å². The first-order valence-electron chi connectivity index (χ1n) is 9.66. The molecule has 2 aromatic carbocycles. The van der Waals surface area contributed by atoms with Gasteiger partial charge in [-0.3, -0.25) is 4.79 Å². The molecule has 28 heavy (non-hydrogen) atoms. The zero-order valence-corrected chi connectivity index (χ0v) is 16.0. The molecular weight excluding hydrogens is 350 g/mol. The van der Waals surface area contributed by atoms with E-state index < -0.39 is 0 Å². The molecule has 5 heteroatoms. The number of amides is 1. The highest BCUT2D eigenvalue weighted by molar-refractivity contribution is 6.01. The molecule has 1 atom stereocenters. The summed E-state index contributed by atoms with van der Waals surface area (Å²) in [4.78, 5) is 15.3. The Morgan fingerprint density at radius 2 is 1.79 bits per heavy atom. The van der Waals surface area contributed by atoms with Crippen molar-refractivity contribution in [1.82, 2.24) is 14.8 Å². The van der Waals surface area contributed by atoms with E-state index in [4.69, 9.17) is 0 Å². The number of nitrogens with one attached hydrogen (secondary N) is 1. The van der Waals surface area contributed by atoms with Gasteiger partial charge < -0.3 is 19.9 Å². The van der Waals surface area contributed by atoms with Gasteiger partial charge in [0.1, 0.15) is 0 Å². The Labute approximate surface area is 165 Å². The summed E-state index contributed by atoms with van der Waals surface area (Å²) in [6.07, 6.45) is 0. The summed E-state index contributed by atoms with van der Waals surface area (Å²) in [5, 5.41) is 13.0. The van der Waals surface area contributed by atoms with E-state index in [-0.39, 0.29) is 18.6 Å². The number of nitrogens with zero attached hydrogens (tertiary/aromatic N) is 2. The third-order valence-electron chi connectivity index (χ3n) is 5.30. The van der Waals surface area contributed by atoms with Crippen molar-refractivity contribution >= 4 is 5.91 Å². The summed E-state index contributed by atoms with van der Waals surface area (Å²) >= 11 is 0. The highest BCUT2D eigenvalue weighted by Gasteiger charge is 2.30. The lowest BCUT2D eigenvalue weighted by Gasteiger charge is -2.35. The van der Waals surface area contributed by atoms with Crippen molar-refractivity contribution in [1.29, 1.82) is 0 Å². The second-order valence-corrected chi connectivity index (χ2v) is 7.12. The van der Waals surface area contributed by atoms with Crippen molar-refractivity contribution in [3.63, 3.8) is 0 Å². The van der Waals surface area contributed by atoms with Crippen LogP contribution in [0, 0.1) is 6.92 Å². The fraction of sp³-hybridized carbons (Fsp3) is 0.261. The normalized spacial score (nSPS) is 16.9. The van der Waals surface area contributed by atoms with Crippen LogP contribution in [-0.4, -0.2) is 52.8 Å². The molecule has 4 rings (SSSR count). The highest BCUT2D eigenvalue weighted by Crippen LogP contribution is 2.32. The van der Waals surface area contributed by atoms with Gasteiger partial charge in [0.25, 0.3) is 5.91 Å². The predicted octanol–water partition coefficient (Wildman–Crippen LogP) is 2.86. The standard InChI is InChI=1S/C23H25N3O2/c1-17-14-21(23(28)25-13-12-24-15-20(25)16-27)22(18-8-4-2-5-9-18)26(17)19-10-6-3-7-11-19/h2-11,14,20,24,27H,12-13,15-16H2,1H3/t20-/m0/s1. The fourth-order valence-electron chi connectivity index (χ4n) is 3.94. The van der Waals surface area contributed by atoms with Crippen molar-refractivity contribution in [2.24, 2.45) is 0 Å². The number of hydrogen-bond acceptors (Lipinski definition) is 3. The summed E-state index contributed by atoms with van der Waals surface area (Å²) in [5.74, 6) is -0.0304. The molecule has 1 fully saturated rings. The SMILES string of the molecule is Cc1cc(C(=O)N2CCNC[C@H]2CO)c(-c2ccccc2)n1-c1ccccc1. The van der Waals surface area contributed by atoms with Crippen LogP contribution in [0.3, 0.4) is 0 Å². The molecule has 0 aliphatic carbocycles. The average molecular weight is 375 g/mol. The van der Waals surface area contributed by atoms with E-state index >= 15 is 0 Å². The molecule has 2 N–H and O–H groups in total. The quantitative estimate of drug-likeness (QED) is 0.737. The molecule has 1 aliphatic rings. The van der Waals surface area contributed by atoms with E-state index in [2.05, 4.69) is 22.0 Å². The lowest BCUT2D eigenvalue weighted by molar-refractivity contribution is 0.0537. The van der Waals surface area contributed by atoms with E-state index in [0.29, 0.717) is 18.7 Å². The van der Waals surface area contributed by atoms with Crippen LogP contribution in [0.15, 0.2) is 66.7 Å². The molecule has 0 saturated carbocycles. The number of carbonyl (C=O) groups excluding carboxylic acids is 1. The number of aryl methyl sites for hydroxylation is 1. The zero-order chi connectivity index (χ0) is 19.5. The summed E-state index contributed by atoms with van der Waals surface area (Å²) in [5.41, 5.74) is 4.59. The molecule has 1 saturated heterocycles. The maximum atomic E-state index is 13.5. The van der Waals surface area contributed by atoms with Gasteiger partial charge in [-0.05, 0) is 30.7 Å². The first kappa shape index (κ1) is 18.5. The number of para-hydroxylation sites is 1. The lowest BCUT2D eigenvalue weighted by Crippen LogP contribution is -2.55. The van der Waals surface area contributed by atoms with Gasteiger partial charge in [0.2, 0.25) is 0 Å². The molecule has 5 nitrogen and oxygen atoms in total. The monoisotopic (exact) mass is 375 g/mol. The summed E-state index contributed by atoms with van der Waals surface area (Å²) in [7, 11) is 0. The molecule has 144 valence electrons. The second-order valence-electron chi connectivity index (χ2n) is 7.12. The van der Waals surface area contributed by atoms with Crippen LogP contribution < -0.4 is 5.32 Å². The minimum Gasteiger partial charge on any atom is -0.394 e. The molecule has 0 bridgehead atoms. The van der Waals surface area contributed by atoms with Gasteiger partial charge in [-0.25, -0.2) is 0 Å².